The first-order chi connectivity index (χ1) is 9.97. The lowest BCUT2D eigenvalue weighted by atomic mass is 9.69. The summed E-state index contributed by atoms with van der Waals surface area (Å²) in [7, 11) is 1.81. The summed E-state index contributed by atoms with van der Waals surface area (Å²) in [6.45, 7) is 14.5. The molecule has 2 bridgehead atoms. The predicted octanol–water partition coefficient (Wildman–Crippen LogP) is 3.66. The molecule has 3 atom stereocenters. The molecule has 0 aromatic heterocycles. The fraction of sp³-hybridized carbons (Fsp3) is 0.944. The lowest BCUT2D eigenvalue weighted by Gasteiger charge is -2.40. The molecule has 2 rings (SSSR count). The highest BCUT2D eigenvalue weighted by molar-refractivity contribution is 5.67. The van der Waals surface area contributed by atoms with Gasteiger partial charge in [0.05, 0.1) is 0 Å². The summed E-state index contributed by atoms with van der Waals surface area (Å²) in [5, 5.41) is 3.71. The largest absolute Gasteiger partial charge is 0.444 e. The molecule has 4 heteroatoms. The van der Waals surface area contributed by atoms with Crippen molar-refractivity contribution in [2.24, 2.45) is 16.7 Å². The van der Waals surface area contributed by atoms with Crippen molar-refractivity contribution in [3.63, 3.8) is 0 Å². The molecule has 2 aliphatic carbocycles. The van der Waals surface area contributed by atoms with Crippen molar-refractivity contribution in [2.45, 2.75) is 72.4 Å². The van der Waals surface area contributed by atoms with Crippen LogP contribution in [0, 0.1) is 16.7 Å². The summed E-state index contributed by atoms with van der Waals surface area (Å²) >= 11 is 0. The van der Waals surface area contributed by atoms with E-state index in [0.717, 1.165) is 12.5 Å². The molecule has 0 heterocycles. The minimum absolute atomic E-state index is 0.242. The highest BCUT2D eigenvalue weighted by Crippen LogP contribution is 2.65. The van der Waals surface area contributed by atoms with E-state index in [1.54, 1.807) is 4.90 Å². The van der Waals surface area contributed by atoms with E-state index < -0.39 is 5.60 Å². The molecule has 1 N–H and O–H groups in total. The van der Waals surface area contributed by atoms with Gasteiger partial charge in [-0.3, -0.25) is 0 Å². The minimum atomic E-state index is -0.430. The van der Waals surface area contributed by atoms with E-state index in [9.17, 15) is 4.79 Å². The van der Waals surface area contributed by atoms with Gasteiger partial charge in [0.25, 0.3) is 0 Å². The number of nitrogens with zero attached hydrogens (tertiary/aromatic N) is 1. The first kappa shape index (κ1) is 17.6. The maximum Gasteiger partial charge on any atom is 0.410 e. The third-order valence-corrected chi connectivity index (χ3v) is 6.34. The van der Waals surface area contributed by atoms with Crippen molar-refractivity contribution in [3.8, 4) is 0 Å². The van der Waals surface area contributed by atoms with Crippen LogP contribution < -0.4 is 5.32 Å². The zero-order valence-electron chi connectivity index (χ0n) is 15.5. The number of carbonyl (C=O) groups is 1. The Labute approximate surface area is 136 Å². The van der Waals surface area contributed by atoms with Crippen LogP contribution >= 0.6 is 0 Å². The molecule has 2 saturated carbocycles. The van der Waals surface area contributed by atoms with E-state index in [-0.39, 0.29) is 6.09 Å². The standard InChI is InChI=1S/C18H34N2O2/c1-16(2,3)22-15(21)20(7)11-10-19-14-12-13-8-9-18(14,6)17(13,4)5/h13-14,19H,8-12H2,1-7H3. The van der Waals surface area contributed by atoms with Gasteiger partial charge in [0.2, 0.25) is 0 Å². The molecular weight excluding hydrogens is 276 g/mol. The molecule has 0 saturated heterocycles. The summed E-state index contributed by atoms with van der Waals surface area (Å²) in [6, 6.07) is 0.577. The van der Waals surface area contributed by atoms with Crippen molar-refractivity contribution >= 4 is 6.09 Å². The number of fused-ring (bicyclic) bond motifs is 2. The predicted molar refractivity (Wildman–Crippen MR) is 89.9 cm³/mol. The monoisotopic (exact) mass is 310 g/mol. The van der Waals surface area contributed by atoms with E-state index in [1.807, 2.05) is 27.8 Å². The molecule has 2 fully saturated rings. The summed E-state index contributed by atoms with van der Waals surface area (Å²) in [6.07, 6.45) is 3.73. The molecular formula is C18H34N2O2. The van der Waals surface area contributed by atoms with Crippen molar-refractivity contribution in [2.75, 3.05) is 20.1 Å². The average Bonchev–Trinajstić information content (AvgIpc) is 2.69. The molecule has 0 aliphatic heterocycles. The summed E-state index contributed by atoms with van der Waals surface area (Å²) < 4.78 is 5.38. The van der Waals surface area contributed by atoms with Crippen molar-refractivity contribution in [3.05, 3.63) is 0 Å². The number of hydrogen-bond acceptors (Lipinski definition) is 3. The molecule has 3 unspecified atom stereocenters. The van der Waals surface area contributed by atoms with Crippen LogP contribution in [-0.4, -0.2) is 42.8 Å². The maximum absolute atomic E-state index is 12.0. The topological polar surface area (TPSA) is 41.6 Å². The van der Waals surface area contributed by atoms with E-state index in [4.69, 9.17) is 4.74 Å². The fourth-order valence-corrected chi connectivity index (χ4v) is 4.35. The Morgan fingerprint density at radius 1 is 1.32 bits per heavy atom. The molecule has 0 aromatic carbocycles. The van der Waals surface area contributed by atoms with Gasteiger partial charge >= 0.3 is 6.09 Å². The highest BCUT2D eigenvalue weighted by atomic mass is 16.6. The van der Waals surface area contributed by atoms with Crippen LogP contribution in [0.5, 0.6) is 0 Å². The van der Waals surface area contributed by atoms with Gasteiger partial charge in [0, 0.05) is 26.2 Å². The molecule has 1 amide bonds. The van der Waals surface area contributed by atoms with Gasteiger partial charge in [-0.05, 0) is 56.8 Å². The Kier molecular flexibility index (Phi) is 4.55. The maximum atomic E-state index is 12.0. The number of rotatable bonds is 4. The zero-order chi connectivity index (χ0) is 16.8. The van der Waals surface area contributed by atoms with Gasteiger partial charge in [0.15, 0.2) is 0 Å². The van der Waals surface area contributed by atoms with Gasteiger partial charge < -0.3 is 15.0 Å². The van der Waals surface area contributed by atoms with Crippen LogP contribution in [0.15, 0.2) is 0 Å². The second-order valence-electron chi connectivity index (χ2n) is 9.02. The van der Waals surface area contributed by atoms with Gasteiger partial charge in [-0.1, -0.05) is 20.8 Å². The van der Waals surface area contributed by atoms with Gasteiger partial charge in [0.1, 0.15) is 5.60 Å². The van der Waals surface area contributed by atoms with Crippen molar-refractivity contribution in [1.29, 1.82) is 0 Å². The number of nitrogens with one attached hydrogen (secondary N) is 1. The molecule has 0 radical (unpaired) electrons. The van der Waals surface area contributed by atoms with Crippen molar-refractivity contribution < 1.29 is 9.53 Å². The number of carbonyl (C=O) groups excluding carboxylic acids is 1. The number of amides is 1. The second kappa shape index (κ2) is 5.70. The fourth-order valence-electron chi connectivity index (χ4n) is 4.35. The van der Waals surface area contributed by atoms with Crippen LogP contribution in [0.2, 0.25) is 0 Å². The minimum Gasteiger partial charge on any atom is -0.444 e. The van der Waals surface area contributed by atoms with Crippen LogP contribution in [0.1, 0.15) is 60.8 Å². The van der Waals surface area contributed by atoms with E-state index >= 15 is 0 Å². The Hall–Kier alpha value is -0.770. The van der Waals surface area contributed by atoms with Crippen molar-refractivity contribution in [1.82, 2.24) is 10.2 Å². The summed E-state index contributed by atoms with van der Waals surface area (Å²) in [4.78, 5) is 13.6. The lowest BCUT2D eigenvalue weighted by molar-refractivity contribution is 0.0295. The highest BCUT2D eigenvalue weighted by Gasteiger charge is 2.60. The summed E-state index contributed by atoms with van der Waals surface area (Å²) in [5.74, 6) is 0.846. The zero-order valence-corrected chi connectivity index (χ0v) is 15.5. The Morgan fingerprint density at radius 2 is 1.95 bits per heavy atom. The Balaban J connectivity index is 1.79. The normalized spacial score (nSPS) is 33.0. The molecule has 2 aliphatic rings. The van der Waals surface area contributed by atoms with Gasteiger partial charge in [-0.15, -0.1) is 0 Å². The smallest absolute Gasteiger partial charge is 0.410 e. The second-order valence-corrected chi connectivity index (χ2v) is 9.02. The van der Waals surface area contributed by atoms with E-state index in [2.05, 4.69) is 26.1 Å². The first-order valence-electron chi connectivity index (χ1n) is 8.65. The number of ether oxygens (including phenoxy) is 1. The quantitative estimate of drug-likeness (QED) is 0.861. The van der Waals surface area contributed by atoms with E-state index in [0.29, 0.717) is 23.4 Å². The lowest BCUT2D eigenvalue weighted by Crippen LogP contribution is -2.47. The third kappa shape index (κ3) is 3.12. The van der Waals surface area contributed by atoms with Gasteiger partial charge in [-0.25, -0.2) is 4.79 Å². The molecule has 0 aromatic rings. The van der Waals surface area contributed by atoms with Crippen LogP contribution in [-0.2, 0) is 4.74 Å². The van der Waals surface area contributed by atoms with E-state index in [1.165, 1.54) is 19.3 Å². The molecule has 128 valence electrons. The molecule has 22 heavy (non-hydrogen) atoms. The molecule has 4 nitrogen and oxygen atoms in total. The number of hydrogen-bond donors (Lipinski definition) is 1. The Bertz CT molecular complexity index is 427. The number of likely N-dealkylation sites (N-methyl/N-ethyl adjacent to an activating group) is 1. The SMILES string of the molecule is CN(CCNC1CC2CCC1(C)C2(C)C)C(=O)OC(C)(C)C. The van der Waals surface area contributed by atoms with Crippen LogP contribution in [0.25, 0.3) is 0 Å². The average molecular weight is 310 g/mol. The van der Waals surface area contributed by atoms with Crippen LogP contribution in [0.4, 0.5) is 4.79 Å². The Morgan fingerprint density at radius 3 is 2.41 bits per heavy atom. The third-order valence-electron chi connectivity index (χ3n) is 6.34. The molecule has 0 spiro atoms. The summed E-state index contributed by atoms with van der Waals surface area (Å²) in [5.41, 5.74) is 0.394. The van der Waals surface area contributed by atoms with Crippen LogP contribution in [0.3, 0.4) is 0 Å². The first-order valence-corrected chi connectivity index (χ1v) is 8.65. The van der Waals surface area contributed by atoms with Gasteiger partial charge in [-0.2, -0.15) is 0 Å².